The van der Waals surface area contributed by atoms with Crippen LogP contribution < -0.4 is 15.8 Å². The lowest BCUT2D eigenvalue weighted by Crippen LogP contribution is -2.41. The minimum atomic E-state index is -0.445. The molecular formula is C14H22N2O2. The highest BCUT2D eigenvalue weighted by Gasteiger charge is 2.14. The van der Waals surface area contributed by atoms with Gasteiger partial charge in [0.2, 0.25) is 5.91 Å². The number of ether oxygens (including phenoxy) is 1. The minimum absolute atomic E-state index is 0.116. The van der Waals surface area contributed by atoms with E-state index in [0.717, 1.165) is 11.3 Å². The second-order valence-electron chi connectivity index (χ2n) is 4.77. The van der Waals surface area contributed by atoms with Crippen molar-refractivity contribution in [2.45, 2.75) is 32.9 Å². The van der Waals surface area contributed by atoms with Gasteiger partial charge in [-0.1, -0.05) is 32.0 Å². The number of nitrogens with two attached hydrogens (primary N) is 1. The highest BCUT2D eigenvalue weighted by atomic mass is 16.5. The summed E-state index contributed by atoms with van der Waals surface area (Å²) in [6.07, 6.45) is 0.692. The summed E-state index contributed by atoms with van der Waals surface area (Å²) in [5, 5.41) is 2.83. The molecule has 0 saturated carbocycles. The molecule has 1 aromatic carbocycles. The number of carbonyl (C=O) groups is 1. The second-order valence-corrected chi connectivity index (χ2v) is 4.77. The molecule has 100 valence electrons. The first-order chi connectivity index (χ1) is 8.54. The van der Waals surface area contributed by atoms with E-state index in [1.54, 1.807) is 7.11 Å². The van der Waals surface area contributed by atoms with Crippen LogP contribution in [0.1, 0.15) is 25.8 Å². The molecule has 0 saturated heterocycles. The molecule has 4 heteroatoms. The summed E-state index contributed by atoms with van der Waals surface area (Å²) < 4.78 is 5.22. The van der Waals surface area contributed by atoms with Crippen molar-refractivity contribution in [2.75, 3.05) is 7.11 Å². The van der Waals surface area contributed by atoms with Gasteiger partial charge >= 0.3 is 0 Å². The first-order valence-corrected chi connectivity index (χ1v) is 6.19. The Kier molecular flexibility index (Phi) is 5.65. The molecule has 0 aliphatic rings. The Balaban J connectivity index is 2.52. The Morgan fingerprint density at radius 2 is 2.06 bits per heavy atom. The van der Waals surface area contributed by atoms with E-state index in [4.69, 9.17) is 10.5 Å². The van der Waals surface area contributed by atoms with Crippen molar-refractivity contribution < 1.29 is 9.53 Å². The number of benzene rings is 1. The first-order valence-electron chi connectivity index (χ1n) is 6.19. The van der Waals surface area contributed by atoms with E-state index in [0.29, 0.717) is 18.9 Å². The second kappa shape index (κ2) is 7.01. The fourth-order valence-corrected chi connectivity index (χ4v) is 1.78. The van der Waals surface area contributed by atoms with Gasteiger partial charge < -0.3 is 15.8 Å². The average molecular weight is 250 g/mol. The van der Waals surface area contributed by atoms with E-state index in [1.807, 2.05) is 38.1 Å². The van der Waals surface area contributed by atoms with Gasteiger partial charge in [-0.25, -0.2) is 0 Å². The first kappa shape index (κ1) is 14.5. The molecule has 1 atom stereocenters. The number of para-hydroxylation sites is 1. The monoisotopic (exact) mass is 250 g/mol. The lowest BCUT2D eigenvalue weighted by atomic mass is 10.0. The molecule has 0 fully saturated rings. The molecule has 0 aliphatic heterocycles. The lowest BCUT2D eigenvalue weighted by Gasteiger charge is -2.15. The fraction of sp³-hybridized carbons (Fsp3) is 0.500. The van der Waals surface area contributed by atoms with Gasteiger partial charge in [0, 0.05) is 12.1 Å². The SMILES string of the molecule is COc1ccccc1CNC(=O)[C@@H](N)CC(C)C. The van der Waals surface area contributed by atoms with E-state index in [-0.39, 0.29) is 5.91 Å². The van der Waals surface area contributed by atoms with Gasteiger partial charge in [-0.3, -0.25) is 4.79 Å². The van der Waals surface area contributed by atoms with Crippen LogP contribution in [0.15, 0.2) is 24.3 Å². The third-order valence-corrected chi connectivity index (χ3v) is 2.71. The summed E-state index contributed by atoms with van der Waals surface area (Å²) in [5.74, 6) is 1.07. The highest BCUT2D eigenvalue weighted by molar-refractivity contribution is 5.81. The van der Waals surface area contributed by atoms with Crippen molar-refractivity contribution in [3.63, 3.8) is 0 Å². The third kappa shape index (κ3) is 4.37. The van der Waals surface area contributed by atoms with Crippen LogP contribution in [0, 0.1) is 5.92 Å². The number of rotatable bonds is 6. The summed E-state index contributed by atoms with van der Waals surface area (Å²) in [6, 6.07) is 7.16. The van der Waals surface area contributed by atoms with Crippen LogP contribution in [0.3, 0.4) is 0 Å². The number of hydrogen-bond donors (Lipinski definition) is 2. The predicted octanol–water partition coefficient (Wildman–Crippen LogP) is 1.68. The van der Waals surface area contributed by atoms with Gasteiger partial charge in [-0.05, 0) is 18.4 Å². The normalized spacial score (nSPS) is 12.3. The molecule has 1 rings (SSSR count). The van der Waals surface area contributed by atoms with Gasteiger partial charge in [0.05, 0.1) is 13.2 Å². The molecule has 3 N–H and O–H groups in total. The Labute approximate surface area is 109 Å². The Morgan fingerprint density at radius 1 is 1.39 bits per heavy atom. The zero-order chi connectivity index (χ0) is 13.5. The minimum Gasteiger partial charge on any atom is -0.496 e. The van der Waals surface area contributed by atoms with Gasteiger partial charge in [-0.2, -0.15) is 0 Å². The van der Waals surface area contributed by atoms with E-state index in [1.165, 1.54) is 0 Å². The van der Waals surface area contributed by atoms with Crippen molar-refractivity contribution >= 4 is 5.91 Å². The molecule has 0 heterocycles. The third-order valence-electron chi connectivity index (χ3n) is 2.71. The van der Waals surface area contributed by atoms with Gasteiger partial charge in [0.1, 0.15) is 5.75 Å². The molecule has 0 bridgehead atoms. The molecule has 4 nitrogen and oxygen atoms in total. The van der Waals surface area contributed by atoms with Crippen molar-refractivity contribution in [2.24, 2.45) is 11.7 Å². The predicted molar refractivity (Wildman–Crippen MR) is 72.3 cm³/mol. The van der Waals surface area contributed by atoms with Crippen molar-refractivity contribution in [3.05, 3.63) is 29.8 Å². The summed E-state index contributed by atoms with van der Waals surface area (Å²) in [4.78, 5) is 11.8. The summed E-state index contributed by atoms with van der Waals surface area (Å²) >= 11 is 0. The molecular weight excluding hydrogens is 228 g/mol. The number of carbonyl (C=O) groups excluding carboxylic acids is 1. The maximum Gasteiger partial charge on any atom is 0.237 e. The van der Waals surface area contributed by atoms with Crippen LogP contribution in [0.4, 0.5) is 0 Å². The Bertz CT molecular complexity index is 391. The molecule has 18 heavy (non-hydrogen) atoms. The van der Waals surface area contributed by atoms with Gasteiger partial charge in [-0.15, -0.1) is 0 Å². The van der Waals surface area contributed by atoms with Crippen LogP contribution in [-0.2, 0) is 11.3 Å². The largest absolute Gasteiger partial charge is 0.496 e. The van der Waals surface area contributed by atoms with Gasteiger partial charge in [0.25, 0.3) is 0 Å². The lowest BCUT2D eigenvalue weighted by molar-refractivity contribution is -0.122. The maximum absolute atomic E-state index is 11.8. The maximum atomic E-state index is 11.8. The fourth-order valence-electron chi connectivity index (χ4n) is 1.78. The highest BCUT2D eigenvalue weighted by Crippen LogP contribution is 2.16. The number of amides is 1. The van der Waals surface area contributed by atoms with E-state index < -0.39 is 6.04 Å². The Hall–Kier alpha value is -1.55. The number of hydrogen-bond acceptors (Lipinski definition) is 3. The van der Waals surface area contributed by atoms with Crippen LogP contribution >= 0.6 is 0 Å². The van der Waals surface area contributed by atoms with Crippen LogP contribution in [0.25, 0.3) is 0 Å². The van der Waals surface area contributed by atoms with E-state index in [2.05, 4.69) is 5.32 Å². The molecule has 0 aliphatic carbocycles. The van der Waals surface area contributed by atoms with Crippen LogP contribution in [-0.4, -0.2) is 19.1 Å². The van der Waals surface area contributed by atoms with Crippen LogP contribution in [0.2, 0.25) is 0 Å². The molecule has 1 aromatic rings. The smallest absolute Gasteiger partial charge is 0.237 e. The molecule has 0 spiro atoms. The van der Waals surface area contributed by atoms with Gasteiger partial charge in [0.15, 0.2) is 0 Å². The topological polar surface area (TPSA) is 64.3 Å². The zero-order valence-electron chi connectivity index (χ0n) is 11.3. The Morgan fingerprint density at radius 3 is 2.67 bits per heavy atom. The quantitative estimate of drug-likeness (QED) is 0.807. The molecule has 0 radical (unpaired) electrons. The van der Waals surface area contributed by atoms with Crippen molar-refractivity contribution in [1.82, 2.24) is 5.32 Å². The summed E-state index contributed by atoms with van der Waals surface area (Å²) in [5.41, 5.74) is 6.76. The molecule has 0 aromatic heterocycles. The molecule has 1 amide bonds. The molecule has 0 unspecified atom stereocenters. The summed E-state index contributed by atoms with van der Waals surface area (Å²) in [7, 11) is 1.62. The number of nitrogens with one attached hydrogen (secondary N) is 1. The van der Waals surface area contributed by atoms with Crippen molar-refractivity contribution in [1.29, 1.82) is 0 Å². The van der Waals surface area contributed by atoms with Crippen molar-refractivity contribution in [3.8, 4) is 5.75 Å². The average Bonchev–Trinajstić information content (AvgIpc) is 2.35. The standard InChI is InChI=1S/C14H22N2O2/c1-10(2)8-12(15)14(17)16-9-11-6-4-5-7-13(11)18-3/h4-7,10,12H,8-9,15H2,1-3H3,(H,16,17)/t12-/m0/s1. The number of methoxy groups -OCH3 is 1. The van der Waals surface area contributed by atoms with E-state index >= 15 is 0 Å². The zero-order valence-corrected chi connectivity index (χ0v) is 11.3. The van der Waals surface area contributed by atoms with Crippen LogP contribution in [0.5, 0.6) is 5.75 Å². The van der Waals surface area contributed by atoms with E-state index in [9.17, 15) is 4.79 Å². The summed E-state index contributed by atoms with van der Waals surface area (Å²) in [6.45, 7) is 4.54.